The maximum absolute atomic E-state index is 11.5. The minimum Gasteiger partial charge on any atom is -0.458 e. The molecule has 1 N–H and O–H groups in total. The molecule has 1 heterocycles. The van der Waals surface area contributed by atoms with Crippen LogP contribution in [0, 0.1) is 0 Å². The van der Waals surface area contributed by atoms with Gasteiger partial charge in [0.25, 0.3) is 0 Å². The maximum atomic E-state index is 11.5. The minimum atomic E-state index is -0.487. The molecular formula is C10H17NO3. The number of ether oxygens (including phenoxy) is 1. The predicted molar refractivity (Wildman–Crippen MR) is 51.6 cm³/mol. The molecule has 80 valence electrons. The van der Waals surface area contributed by atoms with E-state index in [1.54, 1.807) is 0 Å². The third kappa shape index (κ3) is 3.36. The van der Waals surface area contributed by atoms with Crippen molar-refractivity contribution in [3.8, 4) is 0 Å². The van der Waals surface area contributed by atoms with Gasteiger partial charge in [-0.1, -0.05) is 0 Å². The Balaban J connectivity index is 2.48. The van der Waals surface area contributed by atoms with Crippen molar-refractivity contribution < 1.29 is 14.3 Å². The molecule has 1 rings (SSSR count). The Labute approximate surface area is 84.0 Å². The lowest BCUT2D eigenvalue weighted by molar-refractivity contribution is -0.159. The fraction of sp³-hybridized carbons (Fsp3) is 0.800. The molecule has 1 fully saturated rings. The van der Waals surface area contributed by atoms with E-state index in [4.69, 9.17) is 4.74 Å². The summed E-state index contributed by atoms with van der Waals surface area (Å²) in [6.45, 7) is 5.45. The summed E-state index contributed by atoms with van der Waals surface area (Å²) in [4.78, 5) is 22.5. The zero-order valence-electron chi connectivity index (χ0n) is 8.92. The van der Waals surface area contributed by atoms with Crippen molar-refractivity contribution in [2.24, 2.45) is 0 Å². The summed E-state index contributed by atoms with van der Waals surface area (Å²) in [6, 6.07) is -0.449. The Hall–Kier alpha value is -1.06. The van der Waals surface area contributed by atoms with Crippen molar-refractivity contribution in [1.82, 2.24) is 5.32 Å². The van der Waals surface area contributed by atoms with Gasteiger partial charge in [0, 0.05) is 6.42 Å². The Morgan fingerprint density at radius 3 is 2.64 bits per heavy atom. The van der Waals surface area contributed by atoms with Gasteiger partial charge in [0.2, 0.25) is 5.91 Å². The summed E-state index contributed by atoms with van der Waals surface area (Å²) in [5, 5.41) is 2.63. The molecule has 0 aromatic heterocycles. The Kier molecular flexibility index (Phi) is 3.13. The number of amides is 1. The van der Waals surface area contributed by atoms with E-state index in [0.717, 1.165) is 6.42 Å². The molecule has 1 aliphatic rings. The highest BCUT2D eigenvalue weighted by molar-refractivity contribution is 5.85. The Morgan fingerprint density at radius 1 is 1.50 bits per heavy atom. The second-order valence-corrected chi connectivity index (χ2v) is 4.55. The fourth-order valence-corrected chi connectivity index (χ4v) is 1.36. The molecule has 0 aliphatic carbocycles. The topological polar surface area (TPSA) is 55.4 Å². The molecule has 1 amide bonds. The van der Waals surface area contributed by atoms with Gasteiger partial charge in [0.1, 0.15) is 11.6 Å². The van der Waals surface area contributed by atoms with E-state index in [2.05, 4.69) is 5.32 Å². The summed E-state index contributed by atoms with van der Waals surface area (Å²) in [5.74, 6) is -0.391. The summed E-state index contributed by atoms with van der Waals surface area (Å²) in [6.07, 6.45) is 1.95. The number of carbonyl (C=O) groups excluding carboxylic acids is 2. The smallest absolute Gasteiger partial charge is 0.329 e. The van der Waals surface area contributed by atoms with E-state index >= 15 is 0 Å². The summed E-state index contributed by atoms with van der Waals surface area (Å²) >= 11 is 0. The van der Waals surface area contributed by atoms with Gasteiger partial charge in [-0.25, -0.2) is 4.79 Å². The zero-order chi connectivity index (χ0) is 10.8. The van der Waals surface area contributed by atoms with Gasteiger partial charge >= 0.3 is 5.97 Å². The molecule has 1 atom stereocenters. The molecule has 0 saturated carbocycles. The van der Waals surface area contributed by atoms with Crippen LogP contribution in [0.25, 0.3) is 0 Å². The van der Waals surface area contributed by atoms with Crippen LogP contribution in [0.15, 0.2) is 0 Å². The van der Waals surface area contributed by atoms with Crippen LogP contribution in [-0.4, -0.2) is 23.5 Å². The Morgan fingerprint density at radius 2 is 2.14 bits per heavy atom. The lowest BCUT2D eigenvalue weighted by Gasteiger charge is -2.26. The Bertz CT molecular complexity index is 242. The molecular weight excluding hydrogens is 182 g/mol. The number of hydrogen-bond acceptors (Lipinski definition) is 3. The van der Waals surface area contributed by atoms with Gasteiger partial charge in [-0.05, 0) is 33.6 Å². The van der Waals surface area contributed by atoms with E-state index in [1.807, 2.05) is 20.8 Å². The highest BCUT2D eigenvalue weighted by atomic mass is 16.6. The zero-order valence-corrected chi connectivity index (χ0v) is 8.92. The van der Waals surface area contributed by atoms with Crippen molar-refractivity contribution in [3.63, 3.8) is 0 Å². The highest BCUT2D eigenvalue weighted by Crippen LogP contribution is 2.14. The lowest BCUT2D eigenvalue weighted by atomic mass is 10.0. The second kappa shape index (κ2) is 3.98. The monoisotopic (exact) mass is 199 g/mol. The maximum Gasteiger partial charge on any atom is 0.329 e. The first-order chi connectivity index (χ1) is 6.38. The van der Waals surface area contributed by atoms with Gasteiger partial charge in [-0.2, -0.15) is 0 Å². The molecule has 0 spiro atoms. The van der Waals surface area contributed by atoms with Crippen molar-refractivity contribution in [2.45, 2.75) is 51.7 Å². The van der Waals surface area contributed by atoms with Crippen molar-refractivity contribution in [3.05, 3.63) is 0 Å². The van der Waals surface area contributed by atoms with Gasteiger partial charge in [-0.3, -0.25) is 4.79 Å². The van der Waals surface area contributed by atoms with Gasteiger partial charge in [-0.15, -0.1) is 0 Å². The minimum absolute atomic E-state index is 0.0629. The van der Waals surface area contributed by atoms with Crippen LogP contribution in [0.2, 0.25) is 0 Å². The molecule has 14 heavy (non-hydrogen) atoms. The largest absolute Gasteiger partial charge is 0.458 e. The molecule has 1 unspecified atom stereocenters. The first-order valence-corrected chi connectivity index (χ1v) is 4.91. The fourth-order valence-electron chi connectivity index (χ4n) is 1.36. The standard InChI is InChI=1S/C10H17NO3/c1-10(2,3)14-9(13)7-5-4-6-8(12)11-7/h7H,4-6H2,1-3H3,(H,11,12). The van der Waals surface area contributed by atoms with Gasteiger partial charge in [0.15, 0.2) is 0 Å². The summed E-state index contributed by atoms with van der Waals surface area (Å²) in [5.41, 5.74) is -0.487. The number of esters is 1. The highest BCUT2D eigenvalue weighted by Gasteiger charge is 2.28. The van der Waals surface area contributed by atoms with E-state index in [9.17, 15) is 9.59 Å². The normalized spacial score (nSPS) is 22.8. The van der Waals surface area contributed by atoms with Crippen LogP contribution in [-0.2, 0) is 14.3 Å². The van der Waals surface area contributed by atoms with Gasteiger partial charge in [0.05, 0.1) is 0 Å². The third-order valence-corrected chi connectivity index (χ3v) is 1.92. The molecule has 0 aromatic carbocycles. The molecule has 4 nitrogen and oxygen atoms in total. The second-order valence-electron chi connectivity index (χ2n) is 4.55. The van der Waals surface area contributed by atoms with Crippen LogP contribution < -0.4 is 5.32 Å². The van der Waals surface area contributed by atoms with Crippen LogP contribution in [0.4, 0.5) is 0 Å². The van der Waals surface area contributed by atoms with Crippen LogP contribution in [0.1, 0.15) is 40.0 Å². The summed E-state index contributed by atoms with van der Waals surface area (Å²) < 4.78 is 5.17. The van der Waals surface area contributed by atoms with Crippen LogP contribution in [0.5, 0.6) is 0 Å². The predicted octanol–water partition coefficient (Wildman–Crippen LogP) is 0.997. The number of piperidine rings is 1. The van der Waals surface area contributed by atoms with Crippen molar-refractivity contribution in [2.75, 3.05) is 0 Å². The summed E-state index contributed by atoms with van der Waals surface area (Å²) in [7, 11) is 0. The number of hydrogen-bond donors (Lipinski definition) is 1. The van der Waals surface area contributed by atoms with E-state index < -0.39 is 11.6 Å². The van der Waals surface area contributed by atoms with E-state index in [-0.39, 0.29) is 11.9 Å². The molecule has 0 radical (unpaired) electrons. The SMILES string of the molecule is CC(C)(C)OC(=O)C1CCCC(=O)N1. The molecule has 0 bridgehead atoms. The van der Waals surface area contributed by atoms with Crippen molar-refractivity contribution in [1.29, 1.82) is 0 Å². The number of nitrogens with one attached hydrogen (secondary N) is 1. The van der Waals surface area contributed by atoms with Crippen LogP contribution >= 0.6 is 0 Å². The van der Waals surface area contributed by atoms with E-state index in [0.29, 0.717) is 12.8 Å². The van der Waals surface area contributed by atoms with Crippen molar-refractivity contribution >= 4 is 11.9 Å². The quantitative estimate of drug-likeness (QED) is 0.641. The first-order valence-electron chi connectivity index (χ1n) is 4.91. The number of carbonyl (C=O) groups is 2. The van der Waals surface area contributed by atoms with E-state index in [1.165, 1.54) is 0 Å². The average molecular weight is 199 g/mol. The lowest BCUT2D eigenvalue weighted by Crippen LogP contribution is -2.46. The third-order valence-electron chi connectivity index (χ3n) is 1.92. The molecule has 0 aromatic rings. The molecule has 4 heteroatoms. The molecule has 1 saturated heterocycles. The first kappa shape index (κ1) is 11.0. The average Bonchev–Trinajstić information content (AvgIpc) is 2.01. The van der Waals surface area contributed by atoms with Gasteiger partial charge < -0.3 is 10.1 Å². The molecule has 1 aliphatic heterocycles. The number of rotatable bonds is 1. The van der Waals surface area contributed by atoms with Crippen LogP contribution in [0.3, 0.4) is 0 Å².